The number of nitrogens with two attached hydrogens (primary N) is 2. The molecule has 5 rings (SSSR count). The maximum absolute atomic E-state index is 13.5. The number of Topliss-reactive ketones (excluding diaryl/α,β-unsaturated/α-hetero) is 1. The third-order valence-corrected chi connectivity index (χ3v) is 7.78. The number of ketones is 1. The number of benzene rings is 1. The number of nitrogen functional groups attached to an aromatic ring is 2. The molecule has 2 amide bonds. The van der Waals surface area contributed by atoms with Gasteiger partial charge in [0.15, 0.2) is 28.4 Å². The molecule has 1 aromatic carbocycles. The van der Waals surface area contributed by atoms with Crippen molar-refractivity contribution >= 4 is 46.8 Å². The number of carbonyl (C=O) groups excluding carboxylic acids is 3. The van der Waals surface area contributed by atoms with Crippen molar-refractivity contribution in [3.05, 3.63) is 46.0 Å². The zero-order valence-corrected chi connectivity index (χ0v) is 21.4. The van der Waals surface area contributed by atoms with Crippen LogP contribution in [0, 0.1) is 5.82 Å². The molecule has 0 saturated carbocycles. The maximum Gasteiger partial charge on any atom is 0.280 e. The Labute approximate surface area is 223 Å². The summed E-state index contributed by atoms with van der Waals surface area (Å²) in [5.74, 6) is -1.14. The van der Waals surface area contributed by atoms with Crippen LogP contribution < -0.4 is 22.1 Å². The molecule has 1 saturated heterocycles. The van der Waals surface area contributed by atoms with Gasteiger partial charge < -0.3 is 21.7 Å². The van der Waals surface area contributed by atoms with Gasteiger partial charge in [0.2, 0.25) is 5.91 Å². The number of nitrogens with zero attached hydrogens (tertiary/aromatic N) is 4. The van der Waals surface area contributed by atoms with Gasteiger partial charge in [-0.3, -0.25) is 24.7 Å². The van der Waals surface area contributed by atoms with E-state index in [1.807, 2.05) is 0 Å². The lowest BCUT2D eigenvalue weighted by atomic mass is 9.88. The van der Waals surface area contributed by atoms with Crippen LogP contribution in [0.15, 0.2) is 23.2 Å². The highest BCUT2D eigenvalue weighted by molar-refractivity contribution is 6.31. The molecule has 1 unspecified atom stereocenters. The van der Waals surface area contributed by atoms with Crippen LogP contribution in [0.3, 0.4) is 0 Å². The number of nitrogens with one attached hydrogen (secondary N) is 2. The normalized spacial score (nSPS) is 19.6. The van der Waals surface area contributed by atoms with E-state index in [0.29, 0.717) is 45.3 Å². The molecule has 6 N–H and O–H groups in total. The number of aryl methyl sites for hydroxylation is 1. The lowest BCUT2D eigenvalue weighted by Gasteiger charge is -2.39. The Morgan fingerprint density at radius 2 is 1.92 bits per heavy atom. The average molecular weight is 543 g/mol. The Morgan fingerprint density at radius 1 is 1.16 bits per heavy atom. The Hall–Kier alpha value is -3.80. The SMILES string of the molecule is Nc1nc(N)c(C(=O)NC2=NCC3(CCN(C(=O)CCC(=O)C4CCc5cc(F)ccc54)CC3)N2)nc1Cl. The van der Waals surface area contributed by atoms with Crippen molar-refractivity contribution in [3.63, 3.8) is 0 Å². The number of carbonyl (C=O) groups is 3. The second-order valence-electron chi connectivity index (χ2n) is 9.94. The standard InChI is InChI=1S/C25H28ClFN8O3/c26-20-22(29)32-21(28)19(31-20)23(38)33-24-30-12-25(34-24)7-9-35(10-8-25)18(37)6-5-17(36)16-3-1-13-11-14(27)2-4-15(13)16/h2,4,11,16H,1,3,5-10,12H2,(H4,28,29,32)(H2,30,33,34,38). The minimum atomic E-state index is -0.618. The van der Waals surface area contributed by atoms with Gasteiger partial charge in [-0.15, -0.1) is 0 Å². The summed E-state index contributed by atoms with van der Waals surface area (Å²) in [6.45, 7) is 1.46. The topological polar surface area (TPSA) is 169 Å². The van der Waals surface area contributed by atoms with E-state index in [1.165, 1.54) is 12.1 Å². The highest BCUT2D eigenvalue weighted by atomic mass is 35.5. The van der Waals surface area contributed by atoms with Gasteiger partial charge in [0.1, 0.15) is 11.6 Å². The fraction of sp³-hybridized carbons (Fsp3) is 0.440. The van der Waals surface area contributed by atoms with Crippen LogP contribution in [0.2, 0.25) is 5.15 Å². The van der Waals surface area contributed by atoms with Crippen LogP contribution in [0.5, 0.6) is 0 Å². The third kappa shape index (κ3) is 5.13. The van der Waals surface area contributed by atoms with E-state index in [9.17, 15) is 18.8 Å². The molecule has 0 radical (unpaired) electrons. The van der Waals surface area contributed by atoms with E-state index in [2.05, 4.69) is 25.6 Å². The Kier molecular flexibility index (Phi) is 6.91. The zero-order valence-electron chi connectivity index (χ0n) is 20.6. The largest absolute Gasteiger partial charge is 0.382 e. The Morgan fingerprint density at radius 3 is 2.68 bits per heavy atom. The number of hydrogen-bond acceptors (Lipinski definition) is 9. The summed E-state index contributed by atoms with van der Waals surface area (Å²) in [6.07, 6.45) is 2.92. The fourth-order valence-electron chi connectivity index (χ4n) is 5.36. The number of hydrogen-bond donors (Lipinski definition) is 4. The van der Waals surface area contributed by atoms with Gasteiger partial charge in [0, 0.05) is 31.8 Å². The van der Waals surface area contributed by atoms with Gasteiger partial charge in [-0.05, 0) is 48.9 Å². The summed E-state index contributed by atoms with van der Waals surface area (Å²) in [5.41, 5.74) is 12.5. The number of fused-ring (bicyclic) bond motifs is 1. The van der Waals surface area contributed by atoms with Gasteiger partial charge in [0.25, 0.3) is 5.91 Å². The predicted molar refractivity (Wildman–Crippen MR) is 139 cm³/mol. The van der Waals surface area contributed by atoms with Crippen LogP contribution in [-0.2, 0) is 16.0 Å². The molecule has 38 heavy (non-hydrogen) atoms. The molecule has 1 spiro atoms. The minimum Gasteiger partial charge on any atom is -0.382 e. The molecular weight excluding hydrogens is 515 g/mol. The number of guanidine groups is 1. The van der Waals surface area contributed by atoms with Crippen LogP contribution in [0.25, 0.3) is 0 Å². The molecule has 3 aliphatic rings. The summed E-state index contributed by atoms with van der Waals surface area (Å²) in [5, 5.41) is 5.78. The van der Waals surface area contributed by atoms with Crippen LogP contribution in [-0.4, -0.2) is 63.6 Å². The van der Waals surface area contributed by atoms with Crippen molar-refractivity contribution in [3.8, 4) is 0 Å². The van der Waals surface area contributed by atoms with Crippen molar-refractivity contribution in [2.75, 3.05) is 31.1 Å². The smallest absolute Gasteiger partial charge is 0.280 e. The lowest BCUT2D eigenvalue weighted by Crippen LogP contribution is -2.57. The molecule has 0 bridgehead atoms. The van der Waals surface area contributed by atoms with Crippen molar-refractivity contribution in [1.82, 2.24) is 25.5 Å². The number of aromatic nitrogens is 2. The van der Waals surface area contributed by atoms with Crippen molar-refractivity contribution in [1.29, 1.82) is 0 Å². The number of aliphatic imine (C=N–C) groups is 1. The van der Waals surface area contributed by atoms with E-state index in [-0.39, 0.29) is 70.2 Å². The second-order valence-corrected chi connectivity index (χ2v) is 10.3. The molecule has 3 heterocycles. The van der Waals surface area contributed by atoms with Gasteiger partial charge in [-0.2, -0.15) is 0 Å². The van der Waals surface area contributed by atoms with E-state index < -0.39 is 5.91 Å². The van der Waals surface area contributed by atoms with Gasteiger partial charge in [0.05, 0.1) is 12.1 Å². The van der Waals surface area contributed by atoms with Gasteiger partial charge >= 0.3 is 0 Å². The van der Waals surface area contributed by atoms with E-state index in [1.54, 1.807) is 11.0 Å². The lowest BCUT2D eigenvalue weighted by molar-refractivity contribution is -0.134. The number of likely N-dealkylation sites (tertiary alicyclic amines) is 1. The number of anilines is 2. The highest BCUT2D eigenvalue weighted by Crippen LogP contribution is 2.35. The molecule has 13 heteroatoms. The number of halogens is 2. The van der Waals surface area contributed by atoms with Gasteiger partial charge in [-0.25, -0.2) is 14.4 Å². The molecular formula is C25H28ClFN8O3. The molecule has 1 aromatic heterocycles. The summed E-state index contributed by atoms with van der Waals surface area (Å²) in [4.78, 5) is 52.1. The third-order valence-electron chi connectivity index (χ3n) is 7.51. The predicted octanol–water partition coefficient (Wildman–Crippen LogP) is 1.56. The van der Waals surface area contributed by atoms with Crippen LogP contribution >= 0.6 is 11.6 Å². The number of amides is 2. The summed E-state index contributed by atoms with van der Waals surface area (Å²) >= 11 is 5.86. The van der Waals surface area contributed by atoms with Crippen molar-refractivity contribution in [2.24, 2.45) is 4.99 Å². The Balaban J connectivity index is 1.09. The van der Waals surface area contributed by atoms with Crippen molar-refractivity contribution in [2.45, 2.75) is 50.0 Å². The Bertz CT molecular complexity index is 1340. The first kappa shape index (κ1) is 25.8. The van der Waals surface area contributed by atoms with Gasteiger partial charge in [-0.1, -0.05) is 17.7 Å². The fourth-order valence-corrected chi connectivity index (χ4v) is 5.48. The van der Waals surface area contributed by atoms with E-state index in [0.717, 1.165) is 11.1 Å². The first-order chi connectivity index (χ1) is 18.1. The first-order valence-electron chi connectivity index (χ1n) is 12.5. The summed E-state index contributed by atoms with van der Waals surface area (Å²) in [6, 6.07) is 4.56. The monoisotopic (exact) mass is 542 g/mol. The molecule has 1 atom stereocenters. The number of piperidine rings is 1. The minimum absolute atomic E-state index is 0.0242. The summed E-state index contributed by atoms with van der Waals surface area (Å²) in [7, 11) is 0. The van der Waals surface area contributed by atoms with Crippen LogP contribution in [0.4, 0.5) is 16.0 Å². The highest BCUT2D eigenvalue weighted by Gasteiger charge is 2.40. The quantitative estimate of drug-likeness (QED) is 0.441. The van der Waals surface area contributed by atoms with Crippen LogP contribution in [0.1, 0.15) is 59.6 Å². The molecule has 1 fully saturated rings. The molecule has 2 aliphatic heterocycles. The molecule has 2 aromatic rings. The molecule has 1 aliphatic carbocycles. The average Bonchev–Trinajstić information content (AvgIpc) is 3.48. The summed E-state index contributed by atoms with van der Waals surface area (Å²) < 4.78 is 13.5. The molecule has 11 nitrogen and oxygen atoms in total. The van der Waals surface area contributed by atoms with E-state index in [4.69, 9.17) is 23.1 Å². The van der Waals surface area contributed by atoms with E-state index >= 15 is 0 Å². The molecule has 200 valence electrons. The second kappa shape index (κ2) is 10.2. The number of rotatable bonds is 5. The zero-order chi connectivity index (χ0) is 27.0. The van der Waals surface area contributed by atoms with Crippen molar-refractivity contribution < 1.29 is 18.8 Å². The first-order valence-corrected chi connectivity index (χ1v) is 12.8. The maximum atomic E-state index is 13.5.